The summed E-state index contributed by atoms with van der Waals surface area (Å²) in [4.78, 5) is 0. The summed E-state index contributed by atoms with van der Waals surface area (Å²) in [5.74, 6) is 0. The molecule has 3 aromatic rings. The Morgan fingerprint density at radius 1 is 0.788 bits per heavy atom. The zero-order chi connectivity index (χ0) is 23.3. The van der Waals surface area contributed by atoms with Crippen molar-refractivity contribution >= 4 is 0 Å². The summed E-state index contributed by atoms with van der Waals surface area (Å²) in [6, 6.07) is 29.8. The third-order valence-corrected chi connectivity index (χ3v) is 6.13. The summed E-state index contributed by atoms with van der Waals surface area (Å²) < 4.78 is 23.0. The van der Waals surface area contributed by atoms with E-state index in [4.69, 9.17) is 18.9 Å². The first-order valence-corrected chi connectivity index (χ1v) is 11.0. The van der Waals surface area contributed by atoms with Gasteiger partial charge in [0.2, 0.25) is 0 Å². The topological polar surface area (TPSA) is 77.4 Å². The third-order valence-electron chi connectivity index (χ3n) is 6.13. The van der Waals surface area contributed by atoms with Gasteiger partial charge in [0.05, 0.1) is 6.61 Å². The van der Waals surface area contributed by atoms with Crippen LogP contribution in [0, 0.1) is 0 Å². The van der Waals surface area contributed by atoms with Crippen molar-refractivity contribution in [3.8, 4) is 0 Å². The molecule has 1 fully saturated rings. The van der Waals surface area contributed by atoms with Crippen molar-refractivity contribution in [3.05, 3.63) is 108 Å². The minimum atomic E-state index is -1.07. The number of aliphatic hydroxyl groups excluding tert-OH is 2. The van der Waals surface area contributed by atoms with Crippen LogP contribution in [0.4, 0.5) is 0 Å². The normalized spacial score (nSPS) is 24.0. The first kappa shape index (κ1) is 23.6. The van der Waals surface area contributed by atoms with E-state index in [0.717, 1.165) is 16.7 Å². The van der Waals surface area contributed by atoms with Crippen LogP contribution in [0.2, 0.25) is 0 Å². The molecule has 0 bridgehead atoms. The molecule has 0 unspecified atom stereocenters. The fraction of sp³-hybridized carbons (Fsp3) is 0.333. The predicted octanol–water partition coefficient (Wildman–Crippen LogP) is 3.10. The second-order valence-electron chi connectivity index (χ2n) is 8.05. The second-order valence-corrected chi connectivity index (χ2v) is 8.05. The maximum absolute atomic E-state index is 11.1. The van der Waals surface area contributed by atoms with Gasteiger partial charge in [0.15, 0.2) is 6.29 Å². The van der Waals surface area contributed by atoms with Crippen molar-refractivity contribution in [3.63, 3.8) is 0 Å². The van der Waals surface area contributed by atoms with Crippen LogP contribution in [-0.2, 0) is 24.5 Å². The maximum atomic E-state index is 11.1. The van der Waals surface area contributed by atoms with Gasteiger partial charge < -0.3 is 29.2 Å². The summed E-state index contributed by atoms with van der Waals surface area (Å²) in [7, 11) is 2.91. The molecule has 1 heterocycles. The monoisotopic (exact) mass is 450 g/mol. The summed E-state index contributed by atoms with van der Waals surface area (Å²) >= 11 is 0. The molecule has 4 rings (SSSR count). The first-order valence-electron chi connectivity index (χ1n) is 11.0. The maximum Gasteiger partial charge on any atom is 0.186 e. The van der Waals surface area contributed by atoms with Crippen LogP contribution in [0.1, 0.15) is 16.7 Å². The number of rotatable bonds is 9. The molecule has 33 heavy (non-hydrogen) atoms. The van der Waals surface area contributed by atoms with Gasteiger partial charge in [0, 0.05) is 14.2 Å². The largest absolute Gasteiger partial charge is 0.388 e. The Morgan fingerprint density at radius 2 is 1.24 bits per heavy atom. The number of hydrogen-bond acceptors (Lipinski definition) is 6. The Morgan fingerprint density at radius 3 is 1.64 bits per heavy atom. The van der Waals surface area contributed by atoms with Crippen LogP contribution in [0.5, 0.6) is 0 Å². The van der Waals surface area contributed by atoms with Crippen LogP contribution in [-0.4, -0.2) is 61.7 Å². The fourth-order valence-corrected chi connectivity index (χ4v) is 4.51. The highest BCUT2D eigenvalue weighted by Crippen LogP contribution is 2.41. The Labute approximate surface area is 194 Å². The smallest absolute Gasteiger partial charge is 0.186 e. The van der Waals surface area contributed by atoms with Crippen LogP contribution in [0.15, 0.2) is 91.0 Å². The molecule has 0 aliphatic carbocycles. The molecule has 0 aromatic heterocycles. The van der Waals surface area contributed by atoms with Gasteiger partial charge in [-0.1, -0.05) is 91.0 Å². The summed E-state index contributed by atoms with van der Waals surface area (Å²) in [5, 5.41) is 21.5. The molecule has 174 valence electrons. The minimum Gasteiger partial charge on any atom is -0.388 e. The Hall–Kier alpha value is -2.58. The number of hydrogen-bond donors (Lipinski definition) is 2. The second kappa shape index (κ2) is 10.6. The van der Waals surface area contributed by atoms with E-state index < -0.39 is 36.3 Å². The standard InChI is InChI=1S/C27H30O6/c1-30-25-23(29)26(31-2)33-24(25)22(28)18-32-27(19-12-6-3-7-13-19,20-14-8-4-9-15-20)21-16-10-5-11-17-21/h3-17,22-26,28-29H,18H2,1-2H3/t22-,23-,24+,25-,26-/m1/s1. The molecular weight excluding hydrogens is 420 g/mol. The third kappa shape index (κ3) is 4.59. The molecule has 2 N–H and O–H groups in total. The van der Waals surface area contributed by atoms with Gasteiger partial charge in [-0.05, 0) is 16.7 Å². The summed E-state index contributed by atoms with van der Waals surface area (Å²) in [6.45, 7) is -0.0631. The lowest BCUT2D eigenvalue weighted by Gasteiger charge is -2.37. The molecule has 0 amide bonds. The molecule has 0 spiro atoms. The molecule has 1 saturated heterocycles. The van der Waals surface area contributed by atoms with Gasteiger partial charge >= 0.3 is 0 Å². The minimum absolute atomic E-state index is 0.0631. The van der Waals surface area contributed by atoms with Gasteiger partial charge in [0.1, 0.15) is 30.0 Å². The zero-order valence-corrected chi connectivity index (χ0v) is 18.8. The molecule has 0 saturated carbocycles. The van der Waals surface area contributed by atoms with Crippen molar-refractivity contribution in [2.24, 2.45) is 0 Å². The van der Waals surface area contributed by atoms with Gasteiger partial charge in [-0.25, -0.2) is 0 Å². The van der Waals surface area contributed by atoms with Crippen LogP contribution in [0.25, 0.3) is 0 Å². The highest BCUT2D eigenvalue weighted by molar-refractivity contribution is 5.47. The number of methoxy groups -OCH3 is 2. The Kier molecular flexibility index (Phi) is 7.55. The van der Waals surface area contributed by atoms with E-state index in [1.807, 2.05) is 91.0 Å². The lowest BCUT2D eigenvalue weighted by atomic mass is 9.80. The van der Waals surface area contributed by atoms with E-state index in [2.05, 4.69) is 0 Å². The molecule has 5 atom stereocenters. The van der Waals surface area contributed by atoms with Crippen LogP contribution < -0.4 is 0 Å². The van der Waals surface area contributed by atoms with Crippen molar-refractivity contribution in [2.45, 2.75) is 36.3 Å². The molecule has 6 nitrogen and oxygen atoms in total. The van der Waals surface area contributed by atoms with Crippen molar-refractivity contribution in [1.82, 2.24) is 0 Å². The quantitative estimate of drug-likeness (QED) is 0.488. The molecular formula is C27H30O6. The highest BCUT2D eigenvalue weighted by atomic mass is 16.7. The van der Waals surface area contributed by atoms with Gasteiger partial charge in [-0.3, -0.25) is 0 Å². The fourth-order valence-electron chi connectivity index (χ4n) is 4.51. The van der Waals surface area contributed by atoms with Crippen molar-refractivity contribution in [1.29, 1.82) is 0 Å². The average molecular weight is 451 g/mol. The molecule has 3 aromatic carbocycles. The van der Waals surface area contributed by atoms with Crippen LogP contribution >= 0.6 is 0 Å². The number of aliphatic hydroxyl groups is 2. The van der Waals surface area contributed by atoms with Gasteiger partial charge in [-0.15, -0.1) is 0 Å². The SMILES string of the molecule is CO[C@@H]1O[C@@H]([C@H](O)COC(c2ccccc2)(c2ccccc2)c2ccccc2)[C@H](OC)[C@H]1O. The average Bonchev–Trinajstić information content (AvgIpc) is 3.21. The van der Waals surface area contributed by atoms with Gasteiger partial charge in [0.25, 0.3) is 0 Å². The lowest BCUT2D eigenvalue weighted by molar-refractivity contribution is -0.173. The van der Waals surface area contributed by atoms with E-state index in [-0.39, 0.29) is 6.61 Å². The zero-order valence-electron chi connectivity index (χ0n) is 18.8. The number of benzene rings is 3. The van der Waals surface area contributed by atoms with E-state index in [1.165, 1.54) is 14.2 Å². The Balaban J connectivity index is 1.72. The molecule has 6 heteroatoms. The highest BCUT2D eigenvalue weighted by Gasteiger charge is 2.48. The van der Waals surface area contributed by atoms with E-state index in [9.17, 15) is 10.2 Å². The predicted molar refractivity (Wildman–Crippen MR) is 124 cm³/mol. The van der Waals surface area contributed by atoms with E-state index >= 15 is 0 Å². The van der Waals surface area contributed by atoms with Gasteiger partial charge in [-0.2, -0.15) is 0 Å². The first-order chi connectivity index (χ1) is 16.1. The van der Waals surface area contributed by atoms with Crippen molar-refractivity contribution in [2.75, 3.05) is 20.8 Å². The summed E-state index contributed by atoms with van der Waals surface area (Å²) in [5.41, 5.74) is 1.82. The van der Waals surface area contributed by atoms with Crippen molar-refractivity contribution < 1.29 is 29.2 Å². The Bertz CT molecular complexity index is 885. The van der Waals surface area contributed by atoms with E-state index in [0.29, 0.717) is 0 Å². The summed E-state index contributed by atoms with van der Waals surface area (Å²) in [6.07, 6.45) is -4.51. The molecule has 1 aliphatic heterocycles. The van der Waals surface area contributed by atoms with Crippen LogP contribution in [0.3, 0.4) is 0 Å². The number of ether oxygens (including phenoxy) is 4. The molecule has 1 aliphatic rings. The van der Waals surface area contributed by atoms with E-state index in [1.54, 1.807) is 0 Å². The molecule has 0 radical (unpaired) electrons. The lowest BCUT2D eigenvalue weighted by Crippen LogP contribution is -2.44.